The molecule has 0 unspecified atom stereocenters. The lowest BCUT2D eigenvalue weighted by molar-refractivity contribution is 0.597. The van der Waals surface area contributed by atoms with Crippen molar-refractivity contribution >= 4 is 58.4 Å². The lowest BCUT2D eigenvalue weighted by Gasteiger charge is -2.02. The lowest BCUT2D eigenvalue weighted by atomic mass is 10.2. The van der Waals surface area contributed by atoms with Crippen LogP contribution in [0.15, 0.2) is 58.0 Å². The van der Waals surface area contributed by atoms with Gasteiger partial charge < -0.3 is 5.73 Å². The Balaban J connectivity index is 0.00000192. The van der Waals surface area contributed by atoms with E-state index in [0.29, 0.717) is 10.8 Å². The Kier molecular flexibility index (Phi) is 9.49. The van der Waals surface area contributed by atoms with E-state index in [1.165, 1.54) is 18.6 Å². The summed E-state index contributed by atoms with van der Waals surface area (Å²) in [6.45, 7) is 0.212. The van der Waals surface area contributed by atoms with E-state index in [1.807, 2.05) is 30.3 Å². The van der Waals surface area contributed by atoms with Gasteiger partial charge in [-0.3, -0.25) is 0 Å². The van der Waals surface area contributed by atoms with E-state index in [9.17, 15) is 8.42 Å². The predicted octanol–water partition coefficient (Wildman–Crippen LogP) is 3.16. The van der Waals surface area contributed by atoms with Crippen molar-refractivity contribution in [2.24, 2.45) is 5.73 Å². The summed E-state index contributed by atoms with van der Waals surface area (Å²) in [5.74, 6) is 0.478. The highest BCUT2D eigenvalue weighted by atomic mass is 35.5. The zero-order valence-corrected chi connectivity index (χ0v) is 16.7. The molecule has 3 aromatic rings. The summed E-state index contributed by atoms with van der Waals surface area (Å²) in [5, 5.41) is 0.570. The van der Waals surface area contributed by atoms with Crippen LogP contribution in [0.1, 0.15) is 5.01 Å². The second-order valence-corrected chi connectivity index (χ2v) is 7.68. The van der Waals surface area contributed by atoms with Crippen molar-refractivity contribution in [1.29, 1.82) is 0 Å². The van der Waals surface area contributed by atoms with E-state index in [2.05, 4.69) is 15.0 Å². The highest BCUT2D eigenvalue weighted by Crippen LogP contribution is 2.25. The Bertz CT molecular complexity index is 888. The van der Waals surface area contributed by atoms with Crippen LogP contribution in [0.2, 0.25) is 0 Å². The quantitative estimate of drug-likeness (QED) is 0.667. The topological polar surface area (TPSA) is 98.8 Å². The van der Waals surface area contributed by atoms with Gasteiger partial charge in [0.2, 0.25) is 9.84 Å². The number of nitrogens with zero attached hydrogens (tertiary/aromatic N) is 3. The molecule has 2 heterocycles. The Morgan fingerprint density at radius 1 is 0.920 bits per heavy atom. The van der Waals surface area contributed by atoms with Crippen molar-refractivity contribution in [2.45, 2.75) is 15.6 Å². The first-order chi connectivity index (χ1) is 10.6. The molecular formula is C14H15Cl3N4O2S2. The van der Waals surface area contributed by atoms with E-state index in [1.54, 1.807) is 0 Å². The smallest absolute Gasteiger partial charge is 0.220 e. The summed E-state index contributed by atoms with van der Waals surface area (Å²) in [4.78, 5) is 12.3. The zero-order valence-electron chi connectivity index (χ0n) is 12.6. The Labute approximate surface area is 168 Å². The van der Waals surface area contributed by atoms with Crippen molar-refractivity contribution in [3.05, 3.63) is 53.9 Å². The summed E-state index contributed by atoms with van der Waals surface area (Å²) in [6, 6.07) is 9.35. The van der Waals surface area contributed by atoms with Crippen LogP contribution < -0.4 is 5.73 Å². The molecule has 0 aliphatic heterocycles. The van der Waals surface area contributed by atoms with Crippen molar-refractivity contribution in [3.8, 4) is 11.4 Å². The molecule has 2 N–H and O–H groups in total. The first-order valence-electron chi connectivity index (χ1n) is 6.38. The molecule has 0 amide bonds. The third-order valence-corrected chi connectivity index (χ3v) is 6.13. The number of nitrogens with two attached hydrogens (primary N) is 1. The van der Waals surface area contributed by atoms with Crippen LogP contribution in [0.3, 0.4) is 0 Å². The van der Waals surface area contributed by atoms with Crippen LogP contribution in [0.25, 0.3) is 11.4 Å². The summed E-state index contributed by atoms with van der Waals surface area (Å²) < 4.78 is 25.1. The van der Waals surface area contributed by atoms with Crippen molar-refractivity contribution < 1.29 is 8.42 Å². The third kappa shape index (κ3) is 5.10. The number of thiazole rings is 1. The van der Waals surface area contributed by atoms with E-state index < -0.39 is 9.84 Å². The summed E-state index contributed by atoms with van der Waals surface area (Å²) >= 11 is 1.06. The molecule has 0 spiro atoms. The number of aromatic nitrogens is 3. The highest BCUT2D eigenvalue weighted by Gasteiger charge is 2.21. The third-order valence-electron chi connectivity index (χ3n) is 2.94. The van der Waals surface area contributed by atoms with Gasteiger partial charge in [-0.1, -0.05) is 30.3 Å². The highest BCUT2D eigenvalue weighted by molar-refractivity contribution is 7.93. The van der Waals surface area contributed by atoms with Crippen LogP contribution in [0.5, 0.6) is 0 Å². The average molecular weight is 442 g/mol. The van der Waals surface area contributed by atoms with E-state index in [0.717, 1.165) is 16.9 Å². The monoisotopic (exact) mass is 440 g/mol. The molecule has 0 bridgehead atoms. The largest absolute Gasteiger partial charge is 0.325 e. The molecule has 136 valence electrons. The molecule has 0 atom stereocenters. The fourth-order valence-electron chi connectivity index (χ4n) is 1.82. The molecule has 2 aromatic heterocycles. The van der Waals surface area contributed by atoms with Gasteiger partial charge in [0.25, 0.3) is 0 Å². The zero-order chi connectivity index (χ0) is 15.6. The summed E-state index contributed by atoms with van der Waals surface area (Å²) in [5.41, 5.74) is 6.29. The van der Waals surface area contributed by atoms with Gasteiger partial charge >= 0.3 is 0 Å². The molecule has 0 saturated heterocycles. The van der Waals surface area contributed by atoms with Gasteiger partial charge in [-0.2, -0.15) is 0 Å². The molecule has 25 heavy (non-hydrogen) atoms. The van der Waals surface area contributed by atoms with Gasteiger partial charge in [0.05, 0.1) is 18.6 Å². The fourth-order valence-corrected chi connectivity index (χ4v) is 4.17. The Hall–Kier alpha value is -1.29. The molecule has 0 aliphatic carbocycles. The van der Waals surface area contributed by atoms with Crippen LogP contribution in [-0.4, -0.2) is 23.4 Å². The minimum absolute atomic E-state index is 0. The van der Waals surface area contributed by atoms with Crippen LogP contribution in [0, 0.1) is 0 Å². The molecule has 11 heteroatoms. The van der Waals surface area contributed by atoms with Gasteiger partial charge in [-0.25, -0.2) is 23.4 Å². The van der Waals surface area contributed by atoms with Crippen molar-refractivity contribution in [1.82, 2.24) is 15.0 Å². The first-order valence-corrected chi connectivity index (χ1v) is 8.68. The number of hydrogen-bond acceptors (Lipinski definition) is 7. The number of hydrogen-bond donors (Lipinski definition) is 1. The molecule has 0 saturated carbocycles. The molecule has 0 fully saturated rings. The fraction of sp³-hybridized carbons (Fsp3) is 0.0714. The van der Waals surface area contributed by atoms with Gasteiger partial charge in [0.1, 0.15) is 14.1 Å². The first kappa shape index (κ1) is 23.7. The van der Waals surface area contributed by atoms with Crippen LogP contribution in [0.4, 0.5) is 0 Å². The SMILES string of the molecule is Cl.Cl.Cl.NCc1ncc(S(=O)(=O)c2cnc(-c3ccccc3)nc2)s1. The molecule has 3 rings (SSSR count). The summed E-state index contributed by atoms with van der Waals surface area (Å²) in [7, 11) is -3.65. The maximum Gasteiger partial charge on any atom is 0.220 e. The minimum atomic E-state index is -3.65. The van der Waals surface area contributed by atoms with Gasteiger partial charge in [0, 0.05) is 12.1 Å². The molecule has 0 aliphatic rings. The van der Waals surface area contributed by atoms with Gasteiger partial charge in [-0.05, 0) is 0 Å². The molecule has 0 radical (unpaired) electrons. The van der Waals surface area contributed by atoms with Crippen LogP contribution >= 0.6 is 48.6 Å². The van der Waals surface area contributed by atoms with Crippen LogP contribution in [-0.2, 0) is 16.4 Å². The van der Waals surface area contributed by atoms with E-state index in [4.69, 9.17) is 5.73 Å². The van der Waals surface area contributed by atoms with Gasteiger partial charge in [-0.15, -0.1) is 48.6 Å². The predicted molar refractivity (Wildman–Crippen MR) is 105 cm³/mol. The standard InChI is InChI=1S/C14H12N4O2S2.3ClH/c15-6-12-16-9-13(21-12)22(19,20)11-7-17-14(18-8-11)10-4-2-1-3-5-10;;;/h1-5,7-9H,6,15H2;3*1H. The molecule has 6 nitrogen and oxygen atoms in total. The lowest BCUT2D eigenvalue weighted by Crippen LogP contribution is -2.02. The van der Waals surface area contributed by atoms with E-state index >= 15 is 0 Å². The minimum Gasteiger partial charge on any atom is -0.325 e. The van der Waals surface area contributed by atoms with Gasteiger partial charge in [0.15, 0.2) is 5.82 Å². The Morgan fingerprint density at radius 3 is 2.04 bits per heavy atom. The average Bonchev–Trinajstić information content (AvgIpc) is 3.06. The second kappa shape index (κ2) is 10.0. The maximum absolute atomic E-state index is 12.5. The molecular weight excluding hydrogens is 427 g/mol. The number of benzene rings is 1. The Morgan fingerprint density at radius 2 is 1.52 bits per heavy atom. The maximum atomic E-state index is 12.5. The second-order valence-electron chi connectivity index (χ2n) is 4.39. The van der Waals surface area contributed by atoms with E-state index in [-0.39, 0.29) is 52.9 Å². The normalized spacial score (nSPS) is 10.1. The number of rotatable bonds is 4. The number of halogens is 3. The number of sulfone groups is 1. The van der Waals surface area contributed by atoms with Crippen molar-refractivity contribution in [3.63, 3.8) is 0 Å². The molecule has 1 aromatic carbocycles. The van der Waals surface area contributed by atoms with Crippen molar-refractivity contribution in [2.75, 3.05) is 0 Å². The summed E-state index contributed by atoms with van der Waals surface area (Å²) in [6.07, 6.45) is 3.94.